The first-order chi connectivity index (χ1) is 10.3. The van der Waals surface area contributed by atoms with Gasteiger partial charge in [-0.15, -0.1) is 0 Å². The Balaban J connectivity index is 2.11. The van der Waals surface area contributed by atoms with Gasteiger partial charge in [0.2, 0.25) is 0 Å². The van der Waals surface area contributed by atoms with Crippen molar-refractivity contribution in [1.29, 1.82) is 0 Å². The summed E-state index contributed by atoms with van der Waals surface area (Å²) in [5.41, 5.74) is -1.58. The number of aromatic amines is 1. The van der Waals surface area contributed by atoms with Crippen molar-refractivity contribution in [2.45, 2.75) is 38.4 Å². The molecule has 10 heteroatoms. The van der Waals surface area contributed by atoms with Crippen LogP contribution in [0.15, 0.2) is 15.8 Å². The molecule has 0 aromatic carbocycles. The third kappa shape index (κ3) is 3.24. The van der Waals surface area contributed by atoms with E-state index in [1.54, 1.807) is 13.8 Å². The second-order valence-corrected chi connectivity index (χ2v) is 5.21. The van der Waals surface area contributed by atoms with E-state index in [0.29, 0.717) is 4.68 Å². The molecule has 1 aliphatic rings. The van der Waals surface area contributed by atoms with E-state index in [0.717, 1.165) is 6.20 Å². The highest BCUT2D eigenvalue weighted by Gasteiger charge is 2.45. The topological polar surface area (TPSA) is 144 Å². The highest BCUT2D eigenvalue weighted by molar-refractivity contribution is 5.71. The van der Waals surface area contributed by atoms with Gasteiger partial charge in [-0.1, -0.05) is 13.8 Å². The number of nitrogens with one attached hydrogen (secondary N) is 1. The van der Waals surface area contributed by atoms with E-state index in [1.165, 1.54) is 0 Å². The third-order valence-electron chi connectivity index (χ3n) is 3.18. The van der Waals surface area contributed by atoms with Crippen LogP contribution in [-0.2, 0) is 14.3 Å². The Kier molecular flexibility index (Phi) is 4.74. The van der Waals surface area contributed by atoms with Crippen molar-refractivity contribution >= 4 is 5.97 Å². The molecule has 1 aliphatic heterocycles. The number of ether oxygens (including phenoxy) is 2. The van der Waals surface area contributed by atoms with E-state index >= 15 is 0 Å². The van der Waals surface area contributed by atoms with Gasteiger partial charge in [-0.2, -0.15) is 9.78 Å². The second kappa shape index (κ2) is 6.38. The molecule has 0 spiro atoms. The molecule has 1 aromatic rings. The number of carbonyl (C=O) groups is 1. The van der Waals surface area contributed by atoms with Crippen molar-refractivity contribution in [2.75, 3.05) is 6.61 Å². The molecule has 1 saturated heterocycles. The van der Waals surface area contributed by atoms with Crippen LogP contribution in [0.3, 0.4) is 0 Å². The van der Waals surface area contributed by atoms with Gasteiger partial charge in [0, 0.05) is 0 Å². The fourth-order valence-corrected chi connectivity index (χ4v) is 1.94. The number of H-pyrrole nitrogens is 1. The molecule has 10 nitrogen and oxygen atoms in total. The summed E-state index contributed by atoms with van der Waals surface area (Å²) in [4.78, 5) is 36.0. The lowest BCUT2D eigenvalue weighted by atomic mass is 10.1. The zero-order valence-corrected chi connectivity index (χ0v) is 12.0. The first-order valence-corrected chi connectivity index (χ1v) is 6.67. The zero-order valence-electron chi connectivity index (χ0n) is 12.0. The van der Waals surface area contributed by atoms with E-state index in [-0.39, 0.29) is 12.5 Å². The monoisotopic (exact) mass is 315 g/mol. The Bertz CT molecular complexity index is 653. The lowest BCUT2D eigenvalue weighted by Crippen LogP contribution is -2.39. The Hall–Kier alpha value is -2.04. The molecule has 0 unspecified atom stereocenters. The van der Waals surface area contributed by atoms with Crippen LogP contribution >= 0.6 is 0 Å². The molecule has 2 heterocycles. The number of nitrogens with zero attached hydrogens (tertiary/aromatic N) is 2. The molecule has 0 amide bonds. The van der Waals surface area contributed by atoms with E-state index in [4.69, 9.17) is 9.47 Å². The zero-order chi connectivity index (χ0) is 16.4. The maximum Gasteiger partial charge on any atom is 0.347 e. The Morgan fingerprint density at radius 1 is 1.45 bits per heavy atom. The van der Waals surface area contributed by atoms with Gasteiger partial charge in [-0.25, -0.2) is 4.79 Å². The van der Waals surface area contributed by atoms with Crippen LogP contribution in [0.2, 0.25) is 0 Å². The normalized spacial score (nSPS) is 28.0. The quantitative estimate of drug-likeness (QED) is 0.529. The lowest BCUT2D eigenvalue weighted by Gasteiger charge is -2.15. The van der Waals surface area contributed by atoms with Crippen LogP contribution < -0.4 is 11.2 Å². The number of aliphatic hydroxyl groups excluding tert-OH is 2. The predicted molar refractivity (Wildman–Crippen MR) is 70.8 cm³/mol. The van der Waals surface area contributed by atoms with Crippen molar-refractivity contribution < 1.29 is 24.5 Å². The lowest BCUT2D eigenvalue weighted by molar-refractivity contribution is -0.154. The summed E-state index contributed by atoms with van der Waals surface area (Å²) in [6.45, 7) is 3.02. The fraction of sp³-hybridized carbons (Fsp3) is 0.667. The summed E-state index contributed by atoms with van der Waals surface area (Å²) in [7, 11) is 0. The highest BCUT2D eigenvalue weighted by Crippen LogP contribution is 2.27. The van der Waals surface area contributed by atoms with E-state index in [2.05, 4.69) is 5.10 Å². The largest absolute Gasteiger partial charge is 0.463 e. The number of aromatic nitrogens is 3. The molecule has 0 bridgehead atoms. The molecule has 122 valence electrons. The first-order valence-electron chi connectivity index (χ1n) is 6.67. The van der Waals surface area contributed by atoms with Crippen molar-refractivity contribution in [2.24, 2.45) is 5.92 Å². The second-order valence-electron chi connectivity index (χ2n) is 5.21. The van der Waals surface area contributed by atoms with Crippen molar-refractivity contribution in [3.8, 4) is 0 Å². The first kappa shape index (κ1) is 16.3. The highest BCUT2D eigenvalue weighted by atomic mass is 16.6. The van der Waals surface area contributed by atoms with Gasteiger partial charge in [0.15, 0.2) is 6.23 Å². The molecule has 0 aliphatic carbocycles. The van der Waals surface area contributed by atoms with E-state index in [9.17, 15) is 24.6 Å². The molecule has 22 heavy (non-hydrogen) atoms. The third-order valence-corrected chi connectivity index (χ3v) is 3.18. The van der Waals surface area contributed by atoms with Crippen LogP contribution in [0.4, 0.5) is 0 Å². The van der Waals surface area contributed by atoms with Gasteiger partial charge in [0.1, 0.15) is 31.1 Å². The number of aliphatic hydroxyl groups is 2. The molecule has 0 radical (unpaired) electrons. The van der Waals surface area contributed by atoms with E-state index < -0.39 is 41.8 Å². The van der Waals surface area contributed by atoms with Gasteiger partial charge < -0.3 is 19.7 Å². The van der Waals surface area contributed by atoms with Crippen LogP contribution in [-0.4, -0.2) is 55.9 Å². The van der Waals surface area contributed by atoms with E-state index in [1.807, 2.05) is 4.98 Å². The molecule has 0 saturated carbocycles. The minimum absolute atomic E-state index is 0.274. The van der Waals surface area contributed by atoms with Crippen LogP contribution in [0.25, 0.3) is 0 Å². The number of carbonyl (C=O) groups excluding carboxylic acids is 1. The summed E-state index contributed by atoms with van der Waals surface area (Å²) in [5, 5.41) is 23.4. The summed E-state index contributed by atoms with van der Waals surface area (Å²) in [6, 6.07) is 0. The number of esters is 1. The van der Waals surface area contributed by atoms with Crippen LogP contribution in [0, 0.1) is 5.92 Å². The SMILES string of the molecule is CC(C)C(=O)OC[C@H]1O[C@@H](n2ncc(=O)[nH]c2=O)[C@@H](O)[C@H]1O. The van der Waals surface area contributed by atoms with Gasteiger partial charge >= 0.3 is 11.7 Å². The summed E-state index contributed by atoms with van der Waals surface area (Å²) in [6.07, 6.45) is -4.29. The standard InChI is InChI=1S/C12H17N3O7/c1-5(2)11(19)21-4-6-8(17)9(18)10(22-6)15-12(20)14-7(16)3-13-15/h3,5-6,8-10,17-18H,4H2,1-2H3,(H,14,16,20)/t6-,8+,9+,10-/m1/s1. The summed E-state index contributed by atoms with van der Waals surface area (Å²) in [5.74, 6) is -0.823. The van der Waals surface area contributed by atoms with Gasteiger partial charge in [-0.3, -0.25) is 14.6 Å². The van der Waals surface area contributed by atoms with Crippen molar-refractivity contribution in [3.63, 3.8) is 0 Å². The van der Waals surface area contributed by atoms with Crippen LogP contribution in [0.1, 0.15) is 20.1 Å². The Morgan fingerprint density at radius 3 is 2.73 bits per heavy atom. The number of rotatable bonds is 4. The number of hydrogen-bond donors (Lipinski definition) is 3. The van der Waals surface area contributed by atoms with Gasteiger partial charge in [0.05, 0.1) is 5.92 Å². The Labute approximate surface area is 124 Å². The maximum atomic E-state index is 11.6. The Morgan fingerprint density at radius 2 is 2.14 bits per heavy atom. The molecule has 1 aromatic heterocycles. The minimum Gasteiger partial charge on any atom is -0.463 e. The van der Waals surface area contributed by atoms with Crippen molar-refractivity contribution in [3.05, 3.63) is 27.0 Å². The number of hydrogen-bond acceptors (Lipinski definition) is 8. The maximum absolute atomic E-state index is 11.6. The molecule has 1 fully saturated rings. The summed E-state index contributed by atoms with van der Waals surface area (Å²) >= 11 is 0. The summed E-state index contributed by atoms with van der Waals surface area (Å²) < 4.78 is 11.0. The smallest absolute Gasteiger partial charge is 0.347 e. The molecule has 4 atom stereocenters. The molecular formula is C12H17N3O7. The van der Waals surface area contributed by atoms with Crippen LogP contribution in [0.5, 0.6) is 0 Å². The average molecular weight is 315 g/mol. The minimum atomic E-state index is -1.46. The fourth-order valence-electron chi connectivity index (χ4n) is 1.94. The van der Waals surface area contributed by atoms with Gasteiger partial charge in [0.25, 0.3) is 5.56 Å². The molecule has 2 rings (SSSR count). The van der Waals surface area contributed by atoms with Crippen molar-refractivity contribution in [1.82, 2.24) is 14.8 Å². The molecular weight excluding hydrogens is 298 g/mol. The van der Waals surface area contributed by atoms with Gasteiger partial charge in [-0.05, 0) is 0 Å². The average Bonchev–Trinajstić information content (AvgIpc) is 2.73. The molecule has 3 N–H and O–H groups in total. The predicted octanol–water partition coefficient (Wildman–Crippen LogP) is -2.25.